The summed E-state index contributed by atoms with van der Waals surface area (Å²) in [5, 5.41) is 3.94. The molecule has 2 heterocycles. The Morgan fingerprint density at radius 1 is 1.32 bits per heavy atom. The van der Waals surface area contributed by atoms with Gasteiger partial charge in [0.2, 0.25) is 0 Å². The zero-order valence-corrected chi connectivity index (χ0v) is 12.5. The van der Waals surface area contributed by atoms with Crippen LogP contribution >= 0.6 is 23.2 Å². The molecule has 19 heavy (non-hydrogen) atoms. The van der Waals surface area contributed by atoms with Gasteiger partial charge in [-0.1, -0.05) is 23.2 Å². The number of aryl methyl sites for hydroxylation is 1. The summed E-state index contributed by atoms with van der Waals surface area (Å²) in [7, 11) is 3.67. The molecule has 0 aromatic carbocycles. The maximum atomic E-state index is 6.18. The largest absolute Gasteiger partial charge is 0.464 e. The van der Waals surface area contributed by atoms with E-state index in [1.54, 1.807) is 13.1 Å². The maximum absolute atomic E-state index is 6.18. The molecular weight excluding hydrogens is 285 g/mol. The van der Waals surface area contributed by atoms with E-state index >= 15 is 0 Å². The number of anilines is 2. The standard InChI is InChI=1S/C13H15Cl2N3O/c1-8-4-5-9(19-8)7-18(3)13-11(15)6-10(14)12(16-2)17-13/h4-6H,7H2,1-3H3,(H,16,17). The molecule has 102 valence electrons. The van der Waals surface area contributed by atoms with Crippen molar-refractivity contribution in [2.75, 3.05) is 24.3 Å². The van der Waals surface area contributed by atoms with E-state index in [2.05, 4.69) is 10.3 Å². The summed E-state index contributed by atoms with van der Waals surface area (Å²) >= 11 is 12.2. The summed E-state index contributed by atoms with van der Waals surface area (Å²) in [6, 6.07) is 5.55. The van der Waals surface area contributed by atoms with Gasteiger partial charge < -0.3 is 14.6 Å². The molecular formula is C13H15Cl2N3O. The normalized spacial score (nSPS) is 10.6. The van der Waals surface area contributed by atoms with Crippen molar-refractivity contribution in [3.63, 3.8) is 0 Å². The van der Waals surface area contributed by atoms with Gasteiger partial charge in [0.15, 0.2) is 0 Å². The first-order chi connectivity index (χ1) is 9.01. The maximum Gasteiger partial charge on any atom is 0.150 e. The molecule has 0 saturated carbocycles. The molecule has 4 nitrogen and oxygen atoms in total. The minimum absolute atomic E-state index is 0.499. The number of hydrogen-bond acceptors (Lipinski definition) is 4. The van der Waals surface area contributed by atoms with Crippen LogP contribution in [0.1, 0.15) is 11.5 Å². The Morgan fingerprint density at radius 3 is 2.63 bits per heavy atom. The number of halogens is 2. The Balaban J connectivity index is 2.25. The number of nitrogens with one attached hydrogen (secondary N) is 1. The van der Waals surface area contributed by atoms with Crippen LogP contribution < -0.4 is 10.2 Å². The number of hydrogen-bond donors (Lipinski definition) is 1. The van der Waals surface area contributed by atoms with E-state index in [0.717, 1.165) is 11.5 Å². The van der Waals surface area contributed by atoms with Crippen LogP contribution in [0.15, 0.2) is 22.6 Å². The molecule has 2 rings (SSSR count). The van der Waals surface area contributed by atoms with E-state index in [1.165, 1.54) is 0 Å². The third kappa shape index (κ3) is 3.14. The van der Waals surface area contributed by atoms with Crippen molar-refractivity contribution in [3.05, 3.63) is 39.8 Å². The molecule has 2 aromatic heterocycles. The molecule has 1 N–H and O–H groups in total. The van der Waals surface area contributed by atoms with Crippen LogP contribution in [0, 0.1) is 6.92 Å². The minimum Gasteiger partial charge on any atom is -0.464 e. The van der Waals surface area contributed by atoms with Gasteiger partial charge >= 0.3 is 0 Å². The number of furan rings is 1. The molecule has 2 aromatic rings. The third-order valence-corrected chi connectivity index (χ3v) is 3.26. The Kier molecular flexibility index (Phi) is 4.22. The first-order valence-corrected chi connectivity index (χ1v) is 6.57. The Hall–Kier alpha value is -1.39. The van der Waals surface area contributed by atoms with E-state index in [4.69, 9.17) is 27.6 Å². The summed E-state index contributed by atoms with van der Waals surface area (Å²) in [5.74, 6) is 3.00. The van der Waals surface area contributed by atoms with Crippen LogP contribution in [-0.2, 0) is 6.54 Å². The molecule has 0 aliphatic heterocycles. The van der Waals surface area contributed by atoms with Crippen molar-refractivity contribution >= 4 is 34.8 Å². The van der Waals surface area contributed by atoms with Gasteiger partial charge in [-0.3, -0.25) is 0 Å². The minimum atomic E-state index is 0.499. The van der Waals surface area contributed by atoms with Crippen molar-refractivity contribution in [1.82, 2.24) is 4.98 Å². The van der Waals surface area contributed by atoms with Gasteiger partial charge in [-0.2, -0.15) is 0 Å². The van der Waals surface area contributed by atoms with Gasteiger partial charge in [0.05, 0.1) is 16.6 Å². The van der Waals surface area contributed by atoms with E-state index in [9.17, 15) is 0 Å². The van der Waals surface area contributed by atoms with Gasteiger partial charge in [0.25, 0.3) is 0 Å². The number of nitrogens with zero attached hydrogens (tertiary/aromatic N) is 2. The second-order valence-electron chi connectivity index (χ2n) is 4.24. The van der Waals surface area contributed by atoms with Gasteiger partial charge in [-0.05, 0) is 25.1 Å². The van der Waals surface area contributed by atoms with Crippen LogP contribution in [0.2, 0.25) is 10.0 Å². The highest BCUT2D eigenvalue weighted by atomic mass is 35.5. The average Bonchev–Trinajstić information content (AvgIpc) is 2.74. The molecule has 6 heteroatoms. The van der Waals surface area contributed by atoms with Gasteiger partial charge in [0.1, 0.15) is 23.2 Å². The van der Waals surface area contributed by atoms with Crippen molar-refractivity contribution in [3.8, 4) is 0 Å². The SMILES string of the molecule is CNc1nc(N(C)Cc2ccc(C)o2)c(Cl)cc1Cl. The van der Waals surface area contributed by atoms with Crippen LogP contribution in [0.5, 0.6) is 0 Å². The lowest BCUT2D eigenvalue weighted by Crippen LogP contribution is -2.18. The number of aromatic nitrogens is 1. The summed E-state index contributed by atoms with van der Waals surface area (Å²) in [5.41, 5.74) is 0. The van der Waals surface area contributed by atoms with Crippen molar-refractivity contribution in [2.45, 2.75) is 13.5 Å². The van der Waals surface area contributed by atoms with E-state index < -0.39 is 0 Å². The number of pyridine rings is 1. The number of rotatable bonds is 4. The lowest BCUT2D eigenvalue weighted by molar-refractivity contribution is 0.481. The molecule has 0 bridgehead atoms. The highest BCUT2D eigenvalue weighted by Crippen LogP contribution is 2.31. The fourth-order valence-corrected chi connectivity index (χ4v) is 2.38. The van der Waals surface area contributed by atoms with E-state index in [1.807, 2.05) is 31.0 Å². The van der Waals surface area contributed by atoms with Crippen LogP contribution in [0.25, 0.3) is 0 Å². The topological polar surface area (TPSA) is 41.3 Å². The molecule has 0 unspecified atom stereocenters. The predicted molar refractivity (Wildman–Crippen MR) is 79.4 cm³/mol. The first kappa shape index (κ1) is 14.0. The van der Waals surface area contributed by atoms with Crippen molar-refractivity contribution in [2.24, 2.45) is 0 Å². The molecule has 0 aliphatic carbocycles. The molecule has 0 spiro atoms. The van der Waals surface area contributed by atoms with Gasteiger partial charge in [-0.25, -0.2) is 4.98 Å². The van der Waals surface area contributed by atoms with Gasteiger partial charge in [-0.15, -0.1) is 0 Å². The lowest BCUT2D eigenvalue weighted by atomic mass is 10.3. The second-order valence-corrected chi connectivity index (χ2v) is 5.06. The third-order valence-electron chi connectivity index (χ3n) is 2.70. The molecule has 0 saturated heterocycles. The quantitative estimate of drug-likeness (QED) is 0.927. The smallest absolute Gasteiger partial charge is 0.150 e. The fourth-order valence-electron chi connectivity index (χ4n) is 1.78. The molecule has 0 radical (unpaired) electrons. The van der Waals surface area contributed by atoms with Crippen LogP contribution in [0.3, 0.4) is 0 Å². The molecule has 0 aliphatic rings. The van der Waals surface area contributed by atoms with Gasteiger partial charge in [0, 0.05) is 14.1 Å². The van der Waals surface area contributed by atoms with E-state index in [-0.39, 0.29) is 0 Å². The highest BCUT2D eigenvalue weighted by molar-refractivity contribution is 6.37. The zero-order chi connectivity index (χ0) is 14.0. The molecule has 0 fully saturated rings. The monoisotopic (exact) mass is 299 g/mol. The van der Waals surface area contributed by atoms with Crippen molar-refractivity contribution < 1.29 is 4.42 Å². The summed E-state index contributed by atoms with van der Waals surface area (Å²) in [6.07, 6.45) is 0. The highest BCUT2D eigenvalue weighted by Gasteiger charge is 2.13. The first-order valence-electron chi connectivity index (χ1n) is 5.81. The summed E-state index contributed by atoms with van der Waals surface area (Å²) < 4.78 is 5.54. The zero-order valence-electron chi connectivity index (χ0n) is 11.0. The average molecular weight is 300 g/mol. The summed E-state index contributed by atoms with van der Waals surface area (Å²) in [4.78, 5) is 6.32. The lowest BCUT2D eigenvalue weighted by Gasteiger charge is -2.19. The Morgan fingerprint density at radius 2 is 2.05 bits per heavy atom. The fraction of sp³-hybridized carbons (Fsp3) is 0.308. The van der Waals surface area contributed by atoms with Crippen LogP contribution in [0.4, 0.5) is 11.6 Å². The van der Waals surface area contributed by atoms with Crippen LogP contribution in [-0.4, -0.2) is 19.1 Å². The summed E-state index contributed by atoms with van der Waals surface area (Å²) in [6.45, 7) is 2.50. The predicted octanol–water partition coefficient (Wildman–Crippen LogP) is 3.97. The van der Waals surface area contributed by atoms with E-state index in [0.29, 0.717) is 28.2 Å². The second kappa shape index (κ2) is 5.72. The molecule has 0 atom stereocenters. The molecule has 0 amide bonds. The Labute approximate surface area is 122 Å². The Bertz CT molecular complexity index is 583. The van der Waals surface area contributed by atoms with Crippen molar-refractivity contribution in [1.29, 1.82) is 0 Å².